The molecule has 9 nitrogen and oxygen atoms in total. The fraction of sp³-hybridized carbons (Fsp3) is 0.639. The maximum Gasteiger partial charge on any atom is 0.244 e. The van der Waals surface area contributed by atoms with E-state index in [9.17, 15) is 29.0 Å². The smallest absolute Gasteiger partial charge is 0.244 e. The van der Waals surface area contributed by atoms with Gasteiger partial charge in [0.1, 0.15) is 18.9 Å². The molecule has 0 aromatic heterocycles. The first-order chi connectivity index (χ1) is 22.0. The van der Waals surface area contributed by atoms with Gasteiger partial charge in [0.15, 0.2) is 0 Å². The van der Waals surface area contributed by atoms with Gasteiger partial charge in [-0.1, -0.05) is 69.4 Å². The number of carbonyl (C=O) groups is 3. The third kappa shape index (κ3) is 12.7. The zero-order valence-corrected chi connectivity index (χ0v) is 27.7. The van der Waals surface area contributed by atoms with Crippen LogP contribution in [0, 0.1) is 42.4 Å². The van der Waals surface area contributed by atoms with E-state index >= 15 is 0 Å². The number of halogens is 1. The first-order valence-corrected chi connectivity index (χ1v) is 16.4. The second kappa shape index (κ2) is 20.6. The van der Waals surface area contributed by atoms with Gasteiger partial charge in [0.05, 0.1) is 18.1 Å². The molecule has 10 heteroatoms. The number of nitrogens with one attached hydrogen (secondary N) is 2. The van der Waals surface area contributed by atoms with E-state index < -0.39 is 54.7 Å². The average molecular weight is 641 g/mol. The van der Waals surface area contributed by atoms with Crippen molar-refractivity contribution >= 4 is 17.7 Å². The lowest BCUT2D eigenvalue weighted by Gasteiger charge is -2.34. The quantitative estimate of drug-likeness (QED) is 0.136. The number of alkyl halides is 1. The molecule has 0 bridgehead atoms. The molecule has 4 N–H and O–H groups in total. The third-order valence-corrected chi connectivity index (χ3v) is 8.97. The molecular formula is C36H53FN4O5. The Kier molecular flexibility index (Phi) is 17.4. The summed E-state index contributed by atoms with van der Waals surface area (Å²) in [4.78, 5) is 43.9. The minimum absolute atomic E-state index is 0.0754. The Bertz CT molecular complexity index is 1160. The summed E-state index contributed by atoms with van der Waals surface area (Å²) >= 11 is 0. The van der Waals surface area contributed by atoms with Crippen molar-refractivity contribution in [2.24, 2.45) is 17.8 Å². The van der Waals surface area contributed by atoms with Crippen molar-refractivity contribution in [2.45, 2.75) is 95.4 Å². The van der Waals surface area contributed by atoms with Gasteiger partial charge in [-0.3, -0.25) is 19.3 Å². The van der Waals surface area contributed by atoms with Crippen molar-refractivity contribution < 1.29 is 29.0 Å². The van der Waals surface area contributed by atoms with Crippen LogP contribution in [0.5, 0.6) is 0 Å². The van der Waals surface area contributed by atoms with Gasteiger partial charge in [-0.2, -0.15) is 0 Å². The summed E-state index contributed by atoms with van der Waals surface area (Å²) in [6.45, 7) is 1.80. The molecule has 1 unspecified atom stereocenters. The molecule has 1 aliphatic rings. The Morgan fingerprint density at radius 3 is 2.28 bits per heavy atom. The predicted octanol–water partition coefficient (Wildman–Crippen LogP) is 2.90. The summed E-state index contributed by atoms with van der Waals surface area (Å²) in [6, 6.07) is 7.34. The Balaban J connectivity index is 2.30. The van der Waals surface area contributed by atoms with Gasteiger partial charge in [0.25, 0.3) is 0 Å². The summed E-state index contributed by atoms with van der Waals surface area (Å²) in [7, 11) is 3.22. The maximum absolute atomic E-state index is 13.9. The van der Waals surface area contributed by atoms with Crippen LogP contribution in [-0.4, -0.2) is 96.0 Å². The Morgan fingerprint density at radius 1 is 1.02 bits per heavy atom. The lowest BCUT2D eigenvalue weighted by Crippen LogP contribution is -2.57. The number of rotatable bonds is 19. The lowest BCUT2D eigenvalue weighted by molar-refractivity contribution is -0.137. The molecule has 0 aliphatic heterocycles. The van der Waals surface area contributed by atoms with Crippen LogP contribution in [0.1, 0.15) is 70.3 Å². The molecule has 1 saturated carbocycles. The first kappa shape index (κ1) is 38.7. The van der Waals surface area contributed by atoms with E-state index in [2.05, 4.69) is 22.5 Å². The monoisotopic (exact) mass is 640 g/mol. The molecule has 0 heterocycles. The van der Waals surface area contributed by atoms with Crippen molar-refractivity contribution in [2.75, 3.05) is 34.0 Å². The molecule has 1 aliphatic carbocycles. The maximum atomic E-state index is 13.9. The van der Waals surface area contributed by atoms with Gasteiger partial charge in [-0.15, -0.1) is 24.7 Å². The number of aliphatic hydroxyl groups excluding tert-OH is 2. The summed E-state index contributed by atoms with van der Waals surface area (Å²) in [5.74, 6) is 2.40. The highest BCUT2D eigenvalue weighted by molar-refractivity contribution is 5.91. The van der Waals surface area contributed by atoms with Gasteiger partial charge < -0.3 is 25.7 Å². The average Bonchev–Trinajstić information content (AvgIpc) is 3.06. The number of aliphatic hydroxyl groups is 2. The van der Waals surface area contributed by atoms with Crippen LogP contribution in [0.25, 0.3) is 0 Å². The Morgan fingerprint density at radius 2 is 1.70 bits per heavy atom. The molecule has 2 rings (SSSR count). The van der Waals surface area contributed by atoms with Crippen molar-refractivity contribution in [3.63, 3.8) is 0 Å². The van der Waals surface area contributed by atoms with Crippen LogP contribution in [0.4, 0.5) is 4.39 Å². The molecule has 1 aromatic rings. The molecule has 254 valence electrons. The summed E-state index contributed by atoms with van der Waals surface area (Å²) < 4.78 is 12.9. The van der Waals surface area contributed by atoms with E-state index in [0.717, 1.165) is 37.7 Å². The predicted molar refractivity (Wildman–Crippen MR) is 178 cm³/mol. The van der Waals surface area contributed by atoms with Crippen LogP contribution in [0.15, 0.2) is 30.3 Å². The molecule has 1 fully saturated rings. The SMILES string of the molecule is C#CC[C@H](O)[C@H](O)[C@H](CC1CCCCC1)NC(=O)[C@@H](NC(=O)[C@@H](CC(=O)N(C)CCN(C)CF)Cc1ccccc1)C(C#C)CC. The number of hydrogen-bond donors (Lipinski definition) is 4. The number of hydrogen-bond acceptors (Lipinski definition) is 6. The van der Waals surface area contributed by atoms with E-state index in [1.54, 1.807) is 14.1 Å². The van der Waals surface area contributed by atoms with Gasteiger partial charge in [-0.05, 0) is 37.8 Å². The van der Waals surface area contributed by atoms with E-state index in [1.165, 1.54) is 9.80 Å². The highest BCUT2D eigenvalue weighted by Crippen LogP contribution is 2.29. The molecule has 46 heavy (non-hydrogen) atoms. The van der Waals surface area contributed by atoms with Crippen LogP contribution in [0.2, 0.25) is 0 Å². The van der Waals surface area contributed by atoms with Crippen molar-refractivity contribution in [3.8, 4) is 24.7 Å². The summed E-state index contributed by atoms with van der Waals surface area (Å²) in [5, 5.41) is 27.3. The summed E-state index contributed by atoms with van der Waals surface area (Å²) in [6.07, 6.45) is 14.7. The summed E-state index contributed by atoms with van der Waals surface area (Å²) in [5.41, 5.74) is 0.846. The van der Waals surface area contributed by atoms with E-state index in [1.807, 2.05) is 37.3 Å². The minimum Gasteiger partial charge on any atom is -0.389 e. The molecule has 1 aromatic carbocycles. The first-order valence-electron chi connectivity index (χ1n) is 16.4. The number of benzene rings is 1. The third-order valence-electron chi connectivity index (χ3n) is 8.97. The standard InChI is InChI=1S/C36H53FN4O5/c1-6-15-31(42)34(44)30(23-27-18-13-10-14-19-27)38-36(46)33(28(7-2)8-3)39-35(45)29(22-26-16-11-9-12-17-26)24-32(43)41(5)21-20-40(4)25-37/h1-2,9,11-12,16-17,27-31,33-34,42,44H,8,10,13-15,18-25H2,3-5H3,(H,38,46)(H,39,45)/t28?,29-,30+,31+,33+,34-/m1/s1. The van der Waals surface area contributed by atoms with Crippen molar-refractivity contribution in [1.82, 2.24) is 20.4 Å². The molecule has 0 radical (unpaired) electrons. The van der Waals surface area contributed by atoms with Crippen LogP contribution in [0.3, 0.4) is 0 Å². The van der Waals surface area contributed by atoms with Gasteiger partial charge >= 0.3 is 0 Å². The minimum atomic E-state index is -1.31. The van der Waals surface area contributed by atoms with Crippen LogP contribution >= 0.6 is 0 Å². The normalized spacial score (nSPS) is 17.4. The zero-order chi connectivity index (χ0) is 34.1. The zero-order valence-electron chi connectivity index (χ0n) is 27.7. The topological polar surface area (TPSA) is 122 Å². The van der Waals surface area contributed by atoms with Crippen molar-refractivity contribution in [3.05, 3.63) is 35.9 Å². The van der Waals surface area contributed by atoms with E-state index in [4.69, 9.17) is 12.8 Å². The van der Waals surface area contributed by atoms with Gasteiger partial charge in [0.2, 0.25) is 17.7 Å². The Hall–Kier alpha value is -3.44. The number of likely N-dealkylation sites (N-methyl/N-ethyl adjacent to an activating group) is 2. The van der Waals surface area contributed by atoms with Gasteiger partial charge in [0, 0.05) is 38.9 Å². The van der Waals surface area contributed by atoms with Crippen molar-refractivity contribution in [1.29, 1.82) is 0 Å². The van der Waals surface area contributed by atoms with E-state index in [0.29, 0.717) is 19.4 Å². The number of nitrogens with zero attached hydrogens (tertiary/aromatic N) is 2. The fourth-order valence-electron chi connectivity index (χ4n) is 5.95. The highest BCUT2D eigenvalue weighted by Gasteiger charge is 2.36. The second-order valence-corrected chi connectivity index (χ2v) is 12.6. The largest absolute Gasteiger partial charge is 0.389 e. The molecule has 0 spiro atoms. The van der Waals surface area contributed by atoms with Gasteiger partial charge in [-0.25, -0.2) is 4.39 Å². The number of terminal acetylenes is 2. The van der Waals surface area contributed by atoms with Crippen LogP contribution in [-0.2, 0) is 20.8 Å². The van der Waals surface area contributed by atoms with Crippen LogP contribution < -0.4 is 10.6 Å². The Labute approximate surface area is 274 Å². The highest BCUT2D eigenvalue weighted by atomic mass is 19.1. The lowest BCUT2D eigenvalue weighted by atomic mass is 9.82. The number of amides is 3. The number of carbonyl (C=O) groups excluding carboxylic acids is 3. The van der Waals surface area contributed by atoms with E-state index in [-0.39, 0.29) is 37.6 Å². The molecular weight excluding hydrogens is 587 g/mol. The molecule has 3 amide bonds. The second-order valence-electron chi connectivity index (χ2n) is 12.6. The molecule has 6 atom stereocenters. The fourth-order valence-corrected chi connectivity index (χ4v) is 5.95. The molecule has 0 saturated heterocycles.